The topological polar surface area (TPSA) is 59.1 Å². The van der Waals surface area contributed by atoms with Gasteiger partial charge in [-0.15, -0.1) is 0 Å². The number of carbonyl (C=O) groups excluding carboxylic acids is 2. The molecule has 21 heavy (non-hydrogen) atoms. The molecule has 4 bridgehead atoms. The number of fused-ring (bicyclic) bond motifs is 1. The Bertz CT molecular complexity index is 557. The number of pyridine rings is 1. The minimum absolute atomic E-state index is 0.126. The maximum atomic E-state index is 12.7. The Morgan fingerprint density at radius 2 is 1.86 bits per heavy atom. The van der Waals surface area contributed by atoms with Crippen LogP contribution < -0.4 is 5.32 Å². The van der Waals surface area contributed by atoms with E-state index in [1.165, 1.54) is 6.42 Å². The summed E-state index contributed by atoms with van der Waals surface area (Å²) < 4.78 is 0. The lowest BCUT2D eigenvalue weighted by Crippen LogP contribution is -2.36. The maximum Gasteiger partial charge on any atom is 0.236 e. The van der Waals surface area contributed by atoms with Crippen molar-refractivity contribution in [3.63, 3.8) is 0 Å². The molecule has 0 aliphatic heterocycles. The number of hydrogen-bond donors (Lipinski definition) is 1. The molecule has 0 radical (unpaired) electrons. The third-order valence-electron chi connectivity index (χ3n) is 5.55. The Labute approximate surface area is 124 Å². The van der Waals surface area contributed by atoms with Gasteiger partial charge in [-0.05, 0) is 62.0 Å². The Balaban J connectivity index is 1.59. The van der Waals surface area contributed by atoms with E-state index in [9.17, 15) is 9.59 Å². The smallest absolute Gasteiger partial charge is 0.236 e. The fourth-order valence-electron chi connectivity index (χ4n) is 4.88. The molecule has 0 spiro atoms. The largest absolute Gasteiger partial charge is 0.310 e. The SMILES string of the molecule is O=C(Nc1ccccn1)C1C(=O)C2CC3CC(C2)CC1C3. The van der Waals surface area contributed by atoms with Gasteiger partial charge in [-0.3, -0.25) is 9.59 Å². The summed E-state index contributed by atoms with van der Waals surface area (Å²) in [5, 5.41) is 2.84. The second kappa shape index (κ2) is 4.93. The van der Waals surface area contributed by atoms with Crippen LogP contribution in [0.1, 0.15) is 32.1 Å². The molecule has 4 heteroatoms. The van der Waals surface area contributed by atoms with Gasteiger partial charge in [-0.1, -0.05) is 6.07 Å². The van der Waals surface area contributed by atoms with Crippen LogP contribution in [0, 0.1) is 29.6 Å². The van der Waals surface area contributed by atoms with E-state index in [-0.39, 0.29) is 23.5 Å². The number of rotatable bonds is 2. The summed E-state index contributed by atoms with van der Waals surface area (Å²) >= 11 is 0. The van der Waals surface area contributed by atoms with Gasteiger partial charge >= 0.3 is 0 Å². The second-order valence-electron chi connectivity index (χ2n) is 6.95. The highest BCUT2D eigenvalue weighted by Crippen LogP contribution is 2.52. The van der Waals surface area contributed by atoms with Crippen LogP contribution in [0.2, 0.25) is 0 Å². The molecule has 3 atom stereocenters. The van der Waals surface area contributed by atoms with Crippen molar-refractivity contribution in [2.45, 2.75) is 32.1 Å². The molecule has 1 aromatic heterocycles. The average Bonchev–Trinajstić information content (AvgIpc) is 2.61. The lowest BCUT2D eigenvalue weighted by molar-refractivity contribution is -0.134. The highest BCUT2D eigenvalue weighted by atomic mass is 16.2. The lowest BCUT2D eigenvalue weighted by Gasteiger charge is -2.38. The molecule has 1 amide bonds. The van der Waals surface area contributed by atoms with Gasteiger partial charge in [-0.25, -0.2) is 4.98 Å². The van der Waals surface area contributed by atoms with Gasteiger partial charge in [0.2, 0.25) is 5.91 Å². The summed E-state index contributed by atoms with van der Waals surface area (Å²) in [6.45, 7) is 0. The zero-order valence-corrected chi connectivity index (χ0v) is 12.0. The highest BCUT2D eigenvalue weighted by Gasteiger charge is 2.50. The molecule has 4 aliphatic carbocycles. The number of anilines is 1. The summed E-state index contributed by atoms with van der Waals surface area (Å²) in [6, 6.07) is 5.42. The zero-order valence-electron chi connectivity index (χ0n) is 12.0. The molecule has 0 aromatic carbocycles. The van der Waals surface area contributed by atoms with Crippen molar-refractivity contribution in [1.82, 2.24) is 4.98 Å². The minimum Gasteiger partial charge on any atom is -0.310 e. The molecular weight excluding hydrogens is 264 g/mol. The summed E-state index contributed by atoms with van der Waals surface area (Å²) in [6.07, 6.45) is 7.06. The number of carbonyl (C=O) groups is 2. The molecule has 4 saturated carbocycles. The molecular formula is C17H20N2O2. The van der Waals surface area contributed by atoms with E-state index in [1.807, 2.05) is 12.1 Å². The average molecular weight is 284 g/mol. The van der Waals surface area contributed by atoms with E-state index in [2.05, 4.69) is 10.3 Å². The van der Waals surface area contributed by atoms with Crippen LogP contribution >= 0.6 is 0 Å². The summed E-state index contributed by atoms with van der Waals surface area (Å²) in [4.78, 5) is 29.5. The number of amides is 1. The first-order valence-electron chi connectivity index (χ1n) is 7.96. The predicted molar refractivity (Wildman–Crippen MR) is 78.4 cm³/mol. The number of Topliss-reactive ketones (excluding diaryl/α,β-unsaturated/α-hetero) is 1. The van der Waals surface area contributed by atoms with Crippen LogP contribution in [0.15, 0.2) is 24.4 Å². The Morgan fingerprint density at radius 1 is 1.10 bits per heavy atom. The highest BCUT2D eigenvalue weighted by molar-refractivity contribution is 6.08. The van der Waals surface area contributed by atoms with Crippen molar-refractivity contribution in [3.05, 3.63) is 24.4 Å². The molecule has 1 aromatic rings. The molecule has 4 nitrogen and oxygen atoms in total. The third kappa shape index (κ3) is 2.27. The molecule has 4 fully saturated rings. The first-order chi connectivity index (χ1) is 10.2. The zero-order chi connectivity index (χ0) is 14.4. The van der Waals surface area contributed by atoms with Crippen molar-refractivity contribution in [1.29, 1.82) is 0 Å². The van der Waals surface area contributed by atoms with Crippen LogP contribution in [-0.4, -0.2) is 16.7 Å². The van der Waals surface area contributed by atoms with Crippen LogP contribution in [0.25, 0.3) is 0 Å². The van der Waals surface area contributed by atoms with Gasteiger partial charge in [0.15, 0.2) is 0 Å². The first kappa shape index (κ1) is 13.0. The number of nitrogens with one attached hydrogen (secondary N) is 1. The van der Waals surface area contributed by atoms with Gasteiger partial charge in [0, 0.05) is 12.1 Å². The van der Waals surface area contributed by atoms with E-state index in [0.717, 1.165) is 25.7 Å². The van der Waals surface area contributed by atoms with E-state index in [0.29, 0.717) is 17.7 Å². The summed E-state index contributed by atoms with van der Waals surface area (Å²) in [5.41, 5.74) is 0. The number of ketones is 1. The number of hydrogen-bond acceptors (Lipinski definition) is 3. The minimum atomic E-state index is -0.452. The standard InChI is InChI=1S/C17H20N2O2/c20-16-13-8-10-5-11(9-13)7-12(6-10)15(16)17(21)19-14-3-1-2-4-18-14/h1-4,10-13,15H,5-9H2,(H,18,19,21). The predicted octanol–water partition coefficient (Wildman–Crippen LogP) is 2.66. The fraction of sp³-hybridized carbons (Fsp3) is 0.588. The molecule has 5 rings (SSSR count). The molecule has 4 aliphatic rings. The van der Waals surface area contributed by atoms with Gasteiger partial charge in [0.25, 0.3) is 0 Å². The van der Waals surface area contributed by atoms with Crippen molar-refractivity contribution < 1.29 is 9.59 Å². The van der Waals surface area contributed by atoms with E-state index < -0.39 is 5.92 Å². The van der Waals surface area contributed by atoms with Crippen molar-refractivity contribution in [3.8, 4) is 0 Å². The van der Waals surface area contributed by atoms with E-state index in [4.69, 9.17) is 0 Å². The molecule has 110 valence electrons. The van der Waals surface area contributed by atoms with Crippen molar-refractivity contribution in [2.75, 3.05) is 5.32 Å². The number of nitrogens with zero attached hydrogens (tertiary/aromatic N) is 1. The molecule has 3 unspecified atom stereocenters. The fourth-order valence-corrected chi connectivity index (χ4v) is 4.88. The van der Waals surface area contributed by atoms with Crippen LogP contribution in [0.3, 0.4) is 0 Å². The van der Waals surface area contributed by atoms with E-state index in [1.54, 1.807) is 12.3 Å². The Morgan fingerprint density at radius 3 is 2.52 bits per heavy atom. The van der Waals surface area contributed by atoms with Gasteiger partial charge in [-0.2, -0.15) is 0 Å². The number of aromatic nitrogens is 1. The molecule has 1 heterocycles. The van der Waals surface area contributed by atoms with Crippen molar-refractivity contribution in [2.24, 2.45) is 29.6 Å². The van der Waals surface area contributed by atoms with Crippen LogP contribution in [0.4, 0.5) is 5.82 Å². The summed E-state index contributed by atoms with van der Waals surface area (Å²) in [5.74, 6) is 1.85. The third-order valence-corrected chi connectivity index (χ3v) is 5.55. The lowest BCUT2D eigenvalue weighted by atomic mass is 9.67. The monoisotopic (exact) mass is 284 g/mol. The Hall–Kier alpha value is -1.71. The van der Waals surface area contributed by atoms with Crippen LogP contribution in [0.5, 0.6) is 0 Å². The van der Waals surface area contributed by atoms with Gasteiger partial charge in [0.1, 0.15) is 11.6 Å². The summed E-state index contributed by atoms with van der Waals surface area (Å²) in [7, 11) is 0. The van der Waals surface area contributed by atoms with E-state index >= 15 is 0 Å². The first-order valence-corrected chi connectivity index (χ1v) is 7.96. The van der Waals surface area contributed by atoms with Crippen molar-refractivity contribution >= 4 is 17.5 Å². The Kier molecular flexibility index (Phi) is 3.05. The second-order valence-corrected chi connectivity index (χ2v) is 6.95. The van der Waals surface area contributed by atoms with Crippen LogP contribution in [-0.2, 0) is 9.59 Å². The maximum absolute atomic E-state index is 12.7. The molecule has 1 N–H and O–H groups in total. The molecule has 0 saturated heterocycles. The quantitative estimate of drug-likeness (QED) is 0.849. The normalized spacial score (nSPS) is 37.3. The van der Waals surface area contributed by atoms with Gasteiger partial charge in [0.05, 0.1) is 5.92 Å². The van der Waals surface area contributed by atoms with Gasteiger partial charge < -0.3 is 5.32 Å².